The van der Waals surface area contributed by atoms with Crippen LogP contribution in [0.5, 0.6) is 0 Å². The molecule has 1 unspecified atom stereocenters. The summed E-state index contributed by atoms with van der Waals surface area (Å²) in [5.41, 5.74) is 0. The van der Waals surface area contributed by atoms with E-state index in [9.17, 15) is 0 Å². The fourth-order valence-corrected chi connectivity index (χ4v) is 1.45. The normalized spacial score (nSPS) is 13.8. The minimum Gasteiger partial charge on any atom is -0.314 e. The van der Waals surface area contributed by atoms with Crippen molar-refractivity contribution in [2.45, 2.75) is 59.4 Å². The van der Waals surface area contributed by atoms with Crippen LogP contribution in [0.15, 0.2) is 0 Å². The van der Waals surface area contributed by atoms with Crippen LogP contribution in [0.4, 0.5) is 0 Å². The Morgan fingerprint density at radius 3 is 2.17 bits per heavy atom. The molecule has 0 fully saturated rings. The molecule has 0 aliphatic heterocycles. The summed E-state index contributed by atoms with van der Waals surface area (Å²) in [6.07, 6.45) is 5.22. The van der Waals surface area contributed by atoms with Gasteiger partial charge in [-0.05, 0) is 25.3 Å². The Morgan fingerprint density at radius 2 is 1.75 bits per heavy atom. The fourth-order valence-electron chi connectivity index (χ4n) is 1.45. The third kappa shape index (κ3) is 5.59. The van der Waals surface area contributed by atoms with Gasteiger partial charge in [-0.25, -0.2) is 0 Å². The third-order valence-electron chi connectivity index (χ3n) is 2.34. The number of hydrogen-bond acceptors (Lipinski definition) is 1. The molecule has 0 bridgehead atoms. The van der Waals surface area contributed by atoms with Gasteiger partial charge < -0.3 is 5.32 Å². The van der Waals surface area contributed by atoms with Gasteiger partial charge in [0.2, 0.25) is 0 Å². The van der Waals surface area contributed by atoms with Gasteiger partial charge in [-0.1, -0.05) is 40.5 Å². The number of unbranched alkanes of at least 4 members (excludes halogenated alkanes) is 1. The van der Waals surface area contributed by atoms with Crippen LogP contribution in [0.1, 0.15) is 53.4 Å². The van der Waals surface area contributed by atoms with E-state index in [4.69, 9.17) is 0 Å². The summed E-state index contributed by atoms with van der Waals surface area (Å²) in [7, 11) is 0. The van der Waals surface area contributed by atoms with Crippen molar-refractivity contribution in [2.24, 2.45) is 5.92 Å². The first-order valence-corrected chi connectivity index (χ1v) is 5.45. The largest absolute Gasteiger partial charge is 0.314 e. The first kappa shape index (κ1) is 12.0. The van der Waals surface area contributed by atoms with Crippen LogP contribution in [-0.2, 0) is 0 Å². The third-order valence-corrected chi connectivity index (χ3v) is 2.34. The van der Waals surface area contributed by atoms with Gasteiger partial charge in [0.25, 0.3) is 0 Å². The highest BCUT2D eigenvalue weighted by molar-refractivity contribution is 4.69. The van der Waals surface area contributed by atoms with Crippen molar-refractivity contribution in [3.63, 3.8) is 0 Å². The highest BCUT2D eigenvalue weighted by atomic mass is 14.9. The topological polar surface area (TPSA) is 12.0 Å². The van der Waals surface area contributed by atoms with Gasteiger partial charge in [0.05, 0.1) is 0 Å². The molecule has 0 radical (unpaired) electrons. The Labute approximate surface area is 77.9 Å². The standard InChI is InChI=1S/C11H25N/c1-5-7-9-12-11(8-6-2)10(3)4/h10-12H,5-9H2,1-4H3. The summed E-state index contributed by atoms with van der Waals surface area (Å²) >= 11 is 0. The minimum absolute atomic E-state index is 0.738. The van der Waals surface area contributed by atoms with Gasteiger partial charge in [-0.3, -0.25) is 0 Å². The van der Waals surface area contributed by atoms with Gasteiger partial charge in [0.1, 0.15) is 0 Å². The van der Waals surface area contributed by atoms with Gasteiger partial charge >= 0.3 is 0 Å². The highest BCUT2D eigenvalue weighted by Gasteiger charge is 2.09. The molecular weight excluding hydrogens is 146 g/mol. The molecule has 0 aromatic heterocycles. The maximum Gasteiger partial charge on any atom is 0.00899 e. The molecule has 0 aromatic rings. The van der Waals surface area contributed by atoms with Gasteiger partial charge in [-0.15, -0.1) is 0 Å². The van der Waals surface area contributed by atoms with Gasteiger partial charge in [0, 0.05) is 6.04 Å². The van der Waals surface area contributed by atoms with Crippen LogP contribution < -0.4 is 5.32 Å². The first-order chi connectivity index (χ1) is 5.72. The van der Waals surface area contributed by atoms with Crippen LogP contribution in [0.3, 0.4) is 0 Å². The Morgan fingerprint density at radius 1 is 1.08 bits per heavy atom. The lowest BCUT2D eigenvalue weighted by atomic mass is 9.99. The van der Waals surface area contributed by atoms with E-state index < -0.39 is 0 Å². The van der Waals surface area contributed by atoms with E-state index in [1.54, 1.807) is 0 Å². The van der Waals surface area contributed by atoms with Crippen molar-refractivity contribution in [1.29, 1.82) is 0 Å². The summed E-state index contributed by atoms with van der Waals surface area (Å²) in [6.45, 7) is 10.3. The van der Waals surface area contributed by atoms with Gasteiger partial charge in [0.15, 0.2) is 0 Å². The van der Waals surface area contributed by atoms with Crippen LogP contribution in [0, 0.1) is 5.92 Å². The summed E-state index contributed by atoms with van der Waals surface area (Å²) in [4.78, 5) is 0. The molecule has 0 rings (SSSR count). The van der Waals surface area contributed by atoms with Crippen molar-refractivity contribution < 1.29 is 0 Å². The zero-order valence-corrected chi connectivity index (χ0v) is 9.19. The zero-order valence-electron chi connectivity index (χ0n) is 9.19. The van der Waals surface area contributed by atoms with E-state index in [0.717, 1.165) is 12.0 Å². The number of hydrogen-bond donors (Lipinski definition) is 1. The van der Waals surface area contributed by atoms with E-state index >= 15 is 0 Å². The molecule has 0 aliphatic rings. The van der Waals surface area contributed by atoms with Crippen LogP contribution in [0.25, 0.3) is 0 Å². The van der Waals surface area contributed by atoms with Crippen molar-refractivity contribution in [3.8, 4) is 0 Å². The van der Waals surface area contributed by atoms with E-state index in [0.29, 0.717) is 0 Å². The Balaban J connectivity index is 3.49. The van der Waals surface area contributed by atoms with Crippen LogP contribution in [-0.4, -0.2) is 12.6 Å². The average molecular weight is 171 g/mol. The number of rotatable bonds is 7. The molecule has 12 heavy (non-hydrogen) atoms. The lowest BCUT2D eigenvalue weighted by Gasteiger charge is -2.21. The zero-order chi connectivity index (χ0) is 9.40. The van der Waals surface area contributed by atoms with E-state index in [-0.39, 0.29) is 0 Å². The SMILES string of the molecule is CCCCNC(CCC)C(C)C. The monoisotopic (exact) mass is 171 g/mol. The molecule has 0 aliphatic carbocycles. The van der Waals surface area contributed by atoms with E-state index in [1.807, 2.05) is 0 Å². The van der Waals surface area contributed by atoms with Crippen molar-refractivity contribution in [2.75, 3.05) is 6.54 Å². The Kier molecular flexibility index (Phi) is 7.58. The second kappa shape index (κ2) is 7.60. The van der Waals surface area contributed by atoms with E-state index in [1.165, 1.54) is 32.2 Å². The molecule has 1 nitrogen and oxygen atoms in total. The molecule has 0 heterocycles. The van der Waals surface area contributed by atoms with Crippen molar-refractivity contribution >= 4 is 0 Å². The van der Waals surface area contributed by atoms with Gasteiger partial charge in [-0.2, -0.15) is 0 Å². The van der Waals surface area contributed by atoms with Crippen molar-refractivity contribution in [1.82, 2.24) is 5.32 Å². The Hall–Kier alpha value is -0.0400. The molecular formula is C11H25N. The molecule has 0 amide bonds. The first-order valence-electron chi connectivity index (χ1n) is 5.45. The van der Waals surface area contributed by atoms with E-state index in [2.05, 4.69) is 33.0 Å². The second-order valence-electron chi connectivity index (χ2n) is 3.95. The summed E-state index contributed by atoms with van der Waals surface area (Å²) in [5, 5.41) is 3.62. The smallest absolute Gasteiger partial charge is 0.00899 e. The molecule has 0 saturated heterocycles. The van der Waals surface area contributed by atoms with Crippen molar-refractivity contribution in [3.05, 3.63) is 0 Å². The summed E-state index contributed by atoms with van der Waals surface area (Å²) in [6, 6.07) is 0.738. The maximum atomic E-state index is 3.62. The maximum absolute atomic E-state index is 3.62. The quantitative estimate of drug-likeness (QED) is 0.580. The molecule has 0 aromatic carbocycles. The summed E-state index contributed by atoms with van der Waals surface area (Å²) in [5.74, 6) is 0.779. The second-order valence-corrected chi connectivity index (χ2v) is 3.95. The Bertz CT molecular complexity index is 89.0. The van der Waals surface area contributed by atoms with Crippen LogP contribution in [0.2, 0.25) is 0 Å². The minimum atomic E-state index is 0.738. The lowest BCUT2D eigenvalue weighted by molar-refractivity contribution is 0.372. The lowest BCUT2D eigenvalue weighted by Crippen LogP contribution is -2.34. The molecule has 1 heteroatoms. The summed E-state index contributed by atoms with van der Waals surface area (Å²) < 4.78 is 0. The number of nitrogens with one attached hydrogen (secondary N) is 1. The highest BCUT2D eigenvalue weighted by Crippen LogP contribution is 2.08. The predicted molar refractivity (Wildman–Crippen MR) is 56.4 cm³/mol. The fraction of sp³-hybridized carbons (Fsp3) is 1.00. The molecule has 1 atom stereocenters. The molecule has 0 spiro atoms. The predicted octanol–water partition coefficient (Wildman–Crippen LogP) is 3.20. The average Bonchev–Trinajstić information content (AvgIpc) is 2.03. The molecule has 74 valence electrons. The molecule has 1 N–H and O–H groups in total. The molecule has 0 saturated carbocycles. The van der Waals surface area contributed by atoms with Crippen LogP contribution >= 0.6 is 0 Å².